The summed E-state index contributed by atoms with van der Waals surface area (Å²) in [7, 11) is 0. The molecule has 0 aromatic heterocycles. The van der Waals surface area contributed by atoms with Gasteiger partial charge in [-0.3, -0.25) is 9.69 Å². The van der Waals surface area contributed by atoms with Crippen molar-refractivity contribution in [3.8, 4) is 0 Å². The first-order chi connectivity index (χ1) is 9.24. The van der Waals surface area contributed by atoms with Gasteiger partial charge in [0.05, 0.1) is 6.54 Å². The van der Waals surface area contributed by atoms with Crippen molar-refractivity contribution in [2.75, 3.05) is 39.3 Å². The average molecular weight is 267 g/mol. The Kier molecular flexibility index (Phi) is 5.64. The van der Waals surface area contributed by atoms with Crippen LogP contribution in [0.4, 0.5) is 0 Å². The van der Waals surface area contributed by atoms with Crippen LogP contribution in [-0.2, 0) is 4.79 Å². The molecule has 110 valence electrons. The van der Waals surface area contributed by atoms with Gasteiger partial charge in [0.15, 0.2) is 0 Å². The maximum atomic E-state index is 12.3. The molecule has 1 aliphatic carbocycles. The van der Waals surface area contributed by atoms with E-state index in [4.69, 9.17) is 0 Å². The van der Waals surface area contributed by atoms with Crippen LogP contribution < -0.4 is 5.32 Å². The molecule has 1 unspecified atom stereocenters. The first-order valence-corrected chi connectivity index (χ1v) is 7.97. The molecule has 0 aromatic carbocycles. The van der Waals surface area contributed by atoms with Crippen LogP contribution in [-0.4, -0.2) is 61.0 Å². The van der Waals surface area contributed by atoms with Gasteiger partial charge in [0, 0.05) is 19.1 Å². The minimum absolute atomic E-state index is 0.329. The zero-order valence-electron chi connectivity index (χ0n) is 12.5. The number of amides is 1. The van der Waals surface area contributed by atoms with Crippen molar-refractivity contribution in [2.45, 2.75) is 45.6 Å². The molecule has 1 atom stereocenters. The Morgan fingerprint density at radius 2 is 2.00 bits per heavy atom. The predicted octanol–water partition coefficient (Wildman–Crippen LogP) is 1.32. The topological polar surface area (TPSA) is 35.6 Å². The molecule has 4 nitrogen and oxygen atoms in total. The van der Waals surface area contributed by atoms with E-state index in [1.54, 1.807) is 0 Å². The van der Waals surface area contributed by atoms with Gasteiger partial charge in [0.1, 0.15) is 0 Å². The van der Waals surface area contributed by atoms with Gasteiger partial charge < -0.3 is 10.2 Å². The van der Waals surface area contributed by atoms with Crippen molar-refractivity contribution in [3.05, 3.63) is 0 Å². The number of nitrogens with one attached hydrogen (secondary N) is 1. The number of hydrogen-bond acceptors (Lipinski definition) is 3. The minimum atomic E-state index is 0.329. The van der Waals surface area contributed by atoms with Crippen molar-refractivity contribution in [1.29, 1.82) is 0 Å². The molecule has 19 heavy (non-hydrogen) atoms. The summed E-state index contributed by atoms with van der Waals surface area (Å²) in [6.45, 7) is 10.1. The fourth-order valence-corrected chi connectivity index (χ4v) is 3.06. The van der Waals surface area contributed by atoms with Crippen molar-refractivity contribution in [1.82, 2.24) is 15.1 Å². The SMILES string of the molecule is CCN(CC(=O)N(CC)C1CC1)CC1CCCNC1. The molecule has 1 amide bonds. The van der Waals surface area contributed by atoms with E-state index in [-0.39, 0.29) is 0 Å². The maximum absolute atomic E-state index is 12.3. The fourth-order valence-electron chi connectivity index (χ4n) is 3.06. The van der Waals surface area contributed by atoms with Crippen LogP contribution in [0.1, 0.15) is 39.5 Å². The molecule has 1 N–H and O–H groups in total. The molecular formula is C15H29N3O. The lowest BCUT2D eigenvalue weighted by Crippen LogP contribution is -2.44. The Balaban J connectivity index is 1.78. The molecule has 2 aliphatic rings. The number of likely N-dealkylation sites (N-methyl/N-ethyl adjacent to an activating group) is 2. The first-order valence-electron chi connectivity index (χ1n) is 7.97. The molecule has 1 saturated heterocycles. The highest BCUT2D eigenvalue weighted by Gasteiger charge is 2.31. The van der Waals surface area contributed by atoms with Crippen LogP contribution in [0.3, 0.4) is 0 Å². The van der Waals surface area contributed by atoms with Gasteiger partial charge in [-0.1, -0.05) is 6.92 Å². The molecule has 0 aromatic rings. The third-order valence-corrected chi connectivity index (χ3v) is 4.37. The van der Waals surface area contributed by atoms with Gasteiger partial charge in [-0.2, -0.15) is 0 Å². The number of hydrogen-bond donors (Lipinski definition) is 1. The minimum Gasteiger partial charge on any atom is -0.339 e. The normalized spacial score (nSPS) is 23.6. The molecule has 1 aliphatic heterocycles. The molecule has 1 saturated carbocycles. The summed E-state index contributed by atoms with van der Waals surface area (Å²) in [5.74, 6) is 1.05. The molecule has 2 fully saturated rings. The fraction of sp³-hybridized carbons (Fsp3) is 0.933. The van der Waals surface area contributed by atoms with Crippen LogP contribution in [0.2, 0.25) is 0 Å². The van der Waals surface area contributed by atoms with Crippen LogP contribution in [0, 0.1) is 5.92 Å². The van der Waals surface area contributed by atoms with E-state index >= 15 is 0 Å². The van der Waals surface area contributed by atoms with Crippen molar-refractivity contribution in [3.63, 3.8) is 0 Å². The molecular weight excluding hydrogens is 238 g/mol. The zero-order valence-corrected chi connectivity index (χ0v) is 12.5. The second-order valence-corrected chi connectivity index (χ2v) is 5.95. The van der Waals surface area contributed by atoms with Gasteiger partial charge in [0.25, 0.3) is 0 Å². The predicted molar refractivity (Wildman–Crippen MR) is 78.1 cm³/mol. The average Bonchev–Trinajstić information content (AvgIpc) is 3.24. The molecule has 0 radical (unpaired) electrons. The van der Waals surface area contributed by atoms with Gasteiger partial charge in [-0.05, 0) is 58.2 Å². The van der Waals surface area contributed by atoms with Gasteiger partial charge in [-0.25, -0.2) is 0 Å². The van der Waals surface area contributed by atoms with Crippen molar-refractivity contribution < 1.29 is 4.79 Å². The quantitative estimate of drug-likeness (QED) is 0.755. The van der Waals surface area contributed by atoms with Crippen molar-refractivity contribution in [2.24, 2.45) is 5.92 Å². The molecule has 0 spiro atoms. The highest BCUT2D eigenvalue weighted by Crippen LogP contribution is 2.26. The number of carbonyl (C=O) groups excluding carboxylic acids is 1. The van der Waals surface area contributed by atoms with Crippen LogP contribution in [0.5, 0.6) is 0 Å². The molecule has 4 heteroatoms. The highest BCUT2D eigenvalue weighted by molar-refractivity contribution is 5.78. The highest BCUT2D eigenvalue weighted by atomic mass is 16.2. The zero-order chi connectivity index (χ0) is 13.7. The Bertz CT molecular complexity index is 285. The Morgan fingerprint density at radius 1 is 1.21 bits per heavy atom. The van der Waals surface area contributed by atoms with Gasteiger partial charge in [0.2, 0.25) is 5.91 Å². The lowest BCUT2D eigenvalue weighted by atomic mass is 9.99. The number of rotatable bonds is 7. The second-order valence-electron chi connectivity index (χ2n) is 5.95. The third kappa shape index (κ3) is 4.46. The summed E-state index contributed by atoms with van der Waals surface area (Å²) >= 11 is 0. The van der Waals surface area contributed by atoms with E-state index < -0.39 is 0 Å². The summed E-state index contributed by atoms with van der Waals surface area (Å²) in [4.78, 5) is 16.7. The van der Waals surface area contributed by atoms with E-state index in [0.717, 1.165) is 38.6 Å². The maximum Gasteiger partial charge on any atom is 0.236 e. The lowest BCUT2D eigenvalue weighted by molar-refractivity contribution is -0.132. The molecule has 1 heterocycles. The standard InChI is InChI=1S/C15H29N3O/c1-3-17(11-13-6-5-9-16-10-13)12-15(19)18(4-2)14-7-8-14/h13-14,16H,3-12H2,1-2H3. The van der Waals surface area contributed by atoms with E-state index in [1.165, 1.54) is 25.7 Å². The Hall–Kier alpha value is -0.610. The smallest absolute Gasteiger partial charge is 0.236 e. The van der Waals surface area contributed by atoms with Crippen molar-refractivity contribution >= 4 is 5.91 Å². The summed E-state index contributed by atoms with van der Waals surface area (Å²) < 4.78 is 0. The molecule has 2 rings (SSSR count). The number of nitrogens with zero attached hydrogens (tertiary/aromatic N) is 2. The van der Waals surface area contributed by atoms with Gasteiger partial charge >= 0.3 is 0 Å². The summed E-state index contributed by atoms with van der Waals surface area (Å²) in [6.07, 6.45) is 4.99. The van der Waals surface area contributed by atoms with E-state index in [9.17, 15) is 4.79 Å². The van der Waals surface area contributed by atoms with E-state index in [1.807, 2.05) is 0 Å². The summed E-state index contributed by atoms with van der Waals surface area (Å²) in [5.41, 5.74) is 0. The second kappa shape index (κ2) is 7.25. The van der Waals surface area contributed by atoms with Crippen LogP contribution >= 0.6 is 0 Å². The Morgan fingerprint density at radius 3 is 2.53 bits per heavy atom. The van der Waals surface area contributed by atoms with Crippen LogP contribution in [0.15, 0.2) is 0 Å². The molecule has 0 bridgehead atoms. The largest absolute Gasteiger partial charge is 0.339 e. The number of carbonyl (C=O) groups is 1. The summed E-state index contributed by atoms with van der Waals surface area (Å²) in [5, 5.41) is 3.46. The van der Waals surface area contributed by atoms with E-state index in [2.05, 4.69) is 29.0 Å². The lowest BCUT2D eigenvalue weighted by Gasteiger charge is -2.30. The summed E-state index contributed by atoms with van der Waals surface area (Å²) in [6, 6.07) is 0.549. The first kappa shape index (κ1) is 14.8. The third-order valence-electron chi connectivity index (χ3n) is 4.37. The Labute approximate surface area is 117 Å². The van der Waals surface area contributed by atoms with Crippen LogP contribution in [0.25, 0.3) is 0 Å². The number of piperidine rings is 1. The van der Waals surface area contributed by atoms with E-state index in [0.29, 0.717) is 18.5 Å². The monoisotopic (exact) mass is 267 g/mol. The van der Waals surface area contributed by atoms with Gasteiger partial charge in [-0.15, -0.1) is 0 Å².